The summed E-state index contributed by atoms with van der Waals surface area (Å²) in [5, 5.41) is 0. The van der Waals surface area contributed by atoms with Crippen LogP contribution in [0.2, 0.25) is 0 Å². The van der Waals surface area contributed by atoms with E-state index in [0.717, 1.165) is 48.3 Å². The fraction of sp³-hybridized carbons (Fsp3) is 0.983. The Morgan fingerprint density at radius 2 is 0.532 bits per heavy atom. The van der Waals surface area contributed by atoms with Crippen LogP contribution in [0.15, 0.2) is 0 Å². The van der Waals surface area contributed by atoms with Crippen LogP contribution in [0.5, 0.6) is 0 Å². The predicted molar refractivity (Wildman–Crippen MR) is 283 cm³/mol. The average molecular weight is 876 g/mol. The molecule has 0 aliphatic carbocycles. The lowest BCUT2D eigenvalue weighted by Crippen LogP contribution is -2.05. The van der Waals surface area contributed by atoms with Gasteiger partial charge in [0, 0.05) is 6.42 Å². The van der Waals surface area contributed by atoms with E-state index in [9.17, 15) is 4.79 Å². The molecule has 2 nitrogen and oxygen atoms in total. The van der Waals surface area contributed by atoms with Gasteiger partial charge in [-0.15, -0.1) is 0 Å². The van der Waals surface area contributed by atoms with Crippen LogP contribution in [0.3, 0.4) is 0 Å². The van der Waals surface area contributed by atoms with Crippen molar-refractivity contribution in [3.05, 3.63) is 0 Å². The van der Waals surface area contributed by atoms with Crippen LogP contribution >= 0.6 is 0 Å². The van der Waals surface area contributed by atoms with Gasteiger partial charge >= 0.3 is 5.97 Å². The lowest BCUT2D eigenvalue weighted by molar-refractivity contribution is -0.143. The van der Waals surface area contributed by atoms with Crippen molar-refractivity contribution >= 4 is 5.97 Å². The Balaban J connectivity index is 0. The summed E-state index contributed by atoms with van der Waals surface area (Å²) in [5.41, 5.74) is 0. The molecule has 0 saturated carbocycles. The molecule has 0 fully saturated rings. The van der Waals surface area contributed by atoms with Gasteiger partial charge in [-0.2, -0.15) is 0 Å². The zero-order valence-corrected chi connectivity index (χ0v) is 45.2. The number of esters is 1. The molecule has 0 aromatic carbocycles. The molecule has 4 atom stereocenters. The van der Waals surface area contributed by atoms with Crippen LogP contribution in [0.1, 0.15) is 339 Å². The van der Waals surface area contributed by atoms with Crippen molar-refractivity contribution in [2.75, 3.05) is 6.61 Å². The molecule has 0 bridgehead atoms. The third kappa shape index (κ3) is 55.6. The lowest BCUT2D eigenvalue weighted by atomic mass is 9.90. The number of carbonyl (C=O) groups excluding carboxylic acids is 1. The summed E-state index contributed by atoms with van der Waals surface area (Å²) >= 11 is 0. The van der Waals surface area contributed by atoms with Crippen LogP contribution in [0.25, 0.3) is 0 Å². The van der Waals surface area contributed by atoms with E-state index in [1.54, 1.807) is 0 Å². The highest BCUT2D eigenvalue weighted by Crippen LogP contribution is 2.25. The summed E-state index contributed by atoms with van der Waals surface area (Å²) in [4.78, 5) is 11.8. The van der Waals surface area contributed by atoms with Crippen LogP contribution in [0.4, 0.5) is 0 Å². The number of carbonyl (C=O) groups is 1. The minimum absolute atomic E-state index is 0.0237. The van der Waals surface area contributed by atoms with Crippen molar-refractivity contribution in [3.8, 4) is 0 Å². The van der Waals surface area contributed by atoms with Gasteiger partial charge in [0.1, 0.15) is 0 Å². The van der Waals surface area contributed by atoms with E-state index < -0.39 is 0 Å². The second-order valence-electron chi connectivity index (χ2n) is 22.3. The lowest BCUT2D eigenvalue weighted by Gasteiger charge is -2.16. The molecule has 2 heteroatoms. The maximum Gasteiger partial charge on any atom is 0.305 e. The first-order valence-corrected chi connectivity index (χ1v) is 29.2. The van der Waals surface area contributed by atoms with E-state index in [1.165, 1.54) is 250 Å². The van der Waals surface area contributed by atoms with Gasteiger partial charge in [0.25, 0.3) is 0 Å². The number of unbranched alkanes of at least 4 members (excludes halogenated alkanes) is 24. The van der Waals surface area contributed by atoms with Gasteiger partial charge in [-0.25, -0.2) is 0 Å². The molecule has 0 aliphatic rings. The zero-order chi connectivity index (χ0) is 46.2. The molecular weight excluding hydrogens is 753 g/mol. The molecule has 0 aromatic heterocycles. The highest BCUT2D eigenvalue weighted by molar-refractivity contribution is 5.69. The van der Waals surface area contributed by atoms with Crippen molar-refractivity contribution in [2.24, 2.45) is 35.5 Å². The van der Waals surface area contributed by atoms with Crippen molar-refractivity contribution in [1.82, 2.24) is 0 Å². The molecule has 0 saturated heterocycles. The summed E-state index contributed by atoms with van der Waals surface area (Å²) < 4.78 is 5.39. The smallest absolute Gasteiger partial charge is 0.305 e. The molecule has 0 rings (SSSR count). The molecule has 4 unspecified atom stereocenters. The Labute approximate surface area is 395 Å². The highest BCUT2D eigenvalue weighted by Gasteiger charge is 2.09. The number of ether oxygens (including phenoxy) is 1. The second kappa shape index (κ2) is 51.5. The molecule has 0 radical (unpaired) electrons. The molecule has 0 heterocycles. The average Bonchev–Trinajstić information content (AvgIpc) is 3.23. The largest absolute Gasteiger partial charge is 0.466 e. The number of rotatable bonds is 48. The summed E-state index contributed by atoms with van der Waals surface area (Å²) in [6, 6.07) is 0. The summed E-state index contributed by atoms with van der Waals surface area (Å²) in [6.07, 6.45) is 57.4. The first-order valence-electron chi connectivity index (χ1n) is 29.2. The van der Waals surface area contributed by atoms with Crippen molar-refractivity contribution in [3.63, 3.8) is 0 Å². The Hall–Kier alpha value is -0.530. The van der Waals surface area contributed by atoms with Gasteiger partial charge in [0.15, 0.2) is 0 Å². The minimum Gasteiger partial charge on any atom is -0.466 e. The molecular formula is C60H122O2. The molecule has 0 amide bonds. The minimum atomic E-state index is 0.0237. The van der Waals surface area contributed by atoms with Gasteiger partial charge in [0.05, 0.1) is 6.61 Å². The normalized spacial score (nSPS) is 13.6. The molecule has 0 aliphatic heterocycles. The van der Waals surface area contributed by atoms with Gasteiger partial charge in [-0.3, -0.25) is 4.79 Å². The maximum absolute atomic E-state index is 11.8. The Kier molecular flexibility index (Phi) is 52.7. The monoisotopic (exact) mass is 875 g/mol. The summed E-state index contributed by atoms with van der Waals surface area (Å²) in [5.74, 6) is 5.54. The van der Waals surface area contributed by atoms with Crippen molar-refractivity contribution in [1.29, 1.82) is 0 Å². The fourth-order valence-electron chi connectivity index (χ4n) is 9.43. The highest BCUT2D eigenvalue weighted by atomic mass is 16.5. The molecule has 374 valence electrons. The quantitative estimate of drug-likeness (QED) is 0.0450. The topological polar surface area (TPSA) is 26.3 Å². The predicted octanol–water partition coefficient (Wildman–Crippen LogP) is 21.8. The first kappa shape index (κ1) is 63.6. The van der Waals surface area contributed by atoms with Gasteiger partial charge < -0.3 is 4.74 Å². The van der Waals surface area contributed by atoms with Crippen LogP contribution in [-0.4, -0.2) is 12.6 Å². The SMILES string of the molecule is CC(C)CCCC(C)CCCC(C)CCCCC(C)CCCC(C)CCCC(C)C.CCCCCCCCCCCCCCCCCC(=O)OCCCCCCCCCCCC. The van der Waals surface area contributed by atoms with Crippen LogP contribution < -0.4 is 0 Å². The standard InChI is InChI=1S/C30H60O2.C30H62/c1-3-5-7-9-11-13-15-16-17-18-19-20-22-24-26-28-30(31)32-29-27-25-23-21-14-12-10-8-6-4-2;1-25(2)15-11-19-29(7)23-13-21-27(5)17-9-10-18-28(6)22-14-24-30(8)20-12-16-26(3)4/h3-29H2,1-2H3;25-30H,9-24H2,1-8H3. The molecule has 0 spiro atoms. The van der Waals surface area contributed by atoms with Gasteiger partial charge in [0.2, 0.25) is 0 Å². The third-order valence-electron chi connectivity index (χ3n) is 14.1. The van der Waals surface area contributed by atoms with E-state index in [4.69, 9.17) is 4.74 Å². The number of hydrogen-bond donors (Lipinski definition) is 0. The van der Waals surface area contributed by atoms with Crippen LogP contribution in [-0.2, 0) is 9.53 Å². The van der Waals surface area contributed by atoms with E-state index in [2.05, 4.69) is 69.2 Å². The fourth-order valence-corrected chi connectivity index (χ4v) is 9.43. The van der Waals surface area contributed by atoms with E-state index >= 15 is 0 Å². The summed E-state index contributed by atoms with van der Waals surface area (Å²) in [6.45, 7) is 24.5. The number of hydrogen-bond acceptors (Lipinski definition) is 2. The molecule has 0 aromatic rings. The van der Waals surface area contributed by atoms with E-state index in [1.807, 2.05) is 0 Å². The Bertz CT molecular complexity index is 799. The zero-order valence-electron chi connectivity index (χ0n) is 45.2. The molecule has 62 heavy (non-hydrogen) atoms. The van der Waals surface area contributed by atoms with Gasteiger partial charge in [-0.1, -0.05) is 320 Å². The van der Waals surface area contributed by atoms with Crippen LogP contribution in [0, 0.1) is 35.5 Å². The van der Waals surface area contributed by atoms with E-state index in [-0.39, 0.29) is 5.97 Å². The van der Waals surface area contributed by atoms with Crippen molar-refractivity contribution in [2.45, 2.75) is 339 Å². The maximum atomic E-state index is 11.8. The Morgan fingerprint density at radius 1 is 0.290 bits per heavy atom. The van der Waals surface area contributed by atoms with Gasteiger partial charge in [-0.05, 0) is 48.3 Å². The third-order valence-corrected chi connectivity index (χ3v) is 14.1. The Morgan fingerprint density at radius 3 is 0.823 bits per heavy atom. The summed E-state index contributed by atoms with van der Waals surface area (Å²) in [7, 11) is 0. The van der Waals surface area contributed by atoms with E-state index in [0.29, 0.717) is 13.0 Å². The molecule has 0 N–H and O–H groups in total. The van der Waals surface area contributed by atoms with Crippen molar-refractivity contribution < 1.29 is 9.53 Å². The second-order valence-corrected chi connectivity index (χ2v) is 22.3. The first-order chi connectivity index (χ1) is 30.0.